The quantitative estimate of drug-likeness (QED) is 0.568. The van der Waals surface area contributed by atoms with Gasteiger partial charge in [0.15, 0.2) is 0 Å². The largest absolute Gasteiger partial charge is 0.378 e. The Balaban J connectivity index is 2.10. The van der Waals surface area contributed by atoms with E-state index in [1.54, 1.807) is 0 Å². The maximum absolute atomic E-state index is 3.66. The molecule has 0 unspecified atom stereocenters. The Morgan fingerprint density at radius 2 is 1.14 bits per heavy atom. The Labute approximate surface area is 125 Å². The number of nitrogens with one attached hydrogen (secondary N) is 1. The lowest BCUT2D eigenvalue weighted by Crippen LogP contribution is -2.11. The highest BCUT2D eigenvalue weighted by atomic mass is 14.9. The van der Waals surface area contributed by atoms with Crippen LogP contribution < -0.4 is 5.32 Å². The summed E-state index contributed by atoms with van der Waals surface area (Å²) < 4.78 is 0. The van der Waals surface area contributed by atoms with Gasteiger partial charge < -0.3 is 5.32 Å². The molecule has 3 aromatic rings. The smallest absolute Gasteiger partial charge is 0.0491 e. The third-order valence-electron chi connectivity index (χ3n) is 4.23. The van der Waals surface area contributed by atoms with Gasteiger partial charge in [-0.1, -0.05) is 66.7 Å². The van der Waals surface area contributed by atoms with Crippen LogP contribution in [0.25, 0.3) is 22.3 Å². The van der Waals surface area contributed by atoms with Crippen molar-refractivity contribution in [2.45, 2.75) is 13.0 Å². The third-order valence-corrected chi connectivity index (χ3v) is 4.23. The highest BCUT2D eigenvalue weighted by molar-refractivity contribution is 5.91. The molecular formula is C20H17N. The first kappa shape index (κ1) is 12.2. The topological polar surface area (TPSA) is 12.0 Å². The van der Waals surface area contributed by atoms with Crippen molar-refractivity contribution in [3.8, 4) is 22.3 Å². The zero-order valence-corrected chi connectivity index (χ0v) is 12.0. The van der Waals surface area contributed by atoms with Gasteiger partial charge in [-0.05, 0) is 35.2 Å². The van der Waals surface area contributed by atoms with Gasteiger partial charge >= 0.3 is 0 Å². The number of para-hydroxylation sites is 1. The van der Waals surface area contributed by atoms with Crippen molar-refractivity contribution in [2.75, 3.05) is 5.32 Å². The molecule has 0 aliphatic carbocycles. The van der Waals surface area contributed by atoms with Gasteiger partial charge in [0.25, 0.3) is 0 Å². The molecule has 1 nitrogen and oxygen atoms in total. The number of hydrogen-bond acceptors (Lipinski definition) is 1. The van der Waals surface area contributed by atoms with Gasteiger partial charge in [-0.15, -0.1) is 0 Å². The van der Waals surface area contributed by atoms with Gasteiger partial charge in [0, 0.05) is 17.3 Å². The summed E-state index contributed by atoms with van der Waals surface area (Å²) in [6.07, 6.45) is 0. The number of anilines is 1. The SMILES string of the molecule is C[C@H]1Nc2ccccc2-c2ccccc2-c2ccccc21. The Morgan fingerprint density at radius 3 is 1.90 bits per heavy atom. The fraction of sp³-hybridized carbons (Fsp3) is 0.100. The highest BCUT2D eigenvalue weighted by Gasteiger charge is 2.19. The summed E-state index contributed by atoms with van der Waals surface area (Å²) in [5.41, 5.74) is 7.75. The number of hydrogen-bond donors (Lipinski definition) is 1. The van der Waals surface area contributed by atoms with Crippen LogP contribution in [0, 0.1) is 0 Å². The monoisotopic (exact) mass is 271 g/mol. The summed E-state index contributed by atoms with van der Waals surface area (Å²) in [4.78, 5) is 0. The molecule has 102 valence electrons. The molecule has 21 heavy (non-hydrogen) atoms. The Kier molecular flexibility index (Phi) is 2.78. The fourth-order valence-corrected chi connectivity index (χ4v) is 3.23. The van der Waals surface area contributed by atoms with Crippen LogP contribution >= 0.6 is 0 Å². The lowest BCUT2D eigenvalue weighted by molar-refractivity contribution is 0.886. The van der Waals surface area contributed by atoms with E-state index < -0.39 is 0 Å². The van der Waals surface area contributed by atoms with E-state index in [1.807, 2.05) is 0 Å². The summed E-state index contributed by atoms with van der Waals surface area (Å²) in [5.74, 6) is 0. The number of benzene rings is 3. The van der Waals surface area contributed by atoms with Gasteiger partial charge in [0.1, 0.15) is 0 Å². The molecule has 1 heteroatoms. The minimum Gasteiger partial charge on any atom is -0.378 e. The van der Waals surface area contributed by atoms with Crippen molar-refractivity contribution < 1.29 is 0 Å². The summed E-state index contributed by atoms with van der Waals surface area (Å²) >= 11 is 0. The van der Waals surface area contributed by atoms with E-state index in [2.05, 4.69) is 85.0 Å². The second-order valence-electron chi connectivity index (χ2n) is 5.54. The van der Waals surface area contributed by atoms with E-state index in [9.17, 15) is 0 Å². The van der Waals surface area contributed by atoms with Crippen LogP contribution in [0.5, 0.6) is 0 Å². The zero-order valence-electron chi connectivity index (χ0n) is 12.0. The van der Waals surface area contributed by atoms with Crippen molar-refractivity contribution in [1.82, 2.24) is 0 Å². The third kappa shape index (κ3) is 1.93. The van der Waals surface area contributed by atoms with E-state index in [4.69, 9.17) is 0 Å². The standard InChI is InChI=1S/C20H17N/c1-14-15-8-2-3-9-16(15)17-10-4-5-11-18(17)19-12-6-7-13-20(19)21-14/h2-14,21H,1H3/t14-/m1/s1. The average molecular weight is 271 g/mol. The molecule has 0 saturated heterocycles. The molecule has 0 amide bonds. The first-order valence-corrected chi connectivity index (χ1v) is 7.39. The van der Waals surface area contributed by atoms with Crippen LogP contribution in [-0.2, 0) is 0 Å². The summed E-state index contributed by atoms with van der Waals surface area (Å²) in [6, 6.07) is 26.2. The van der Waals surface area contributed by atoms with Crippen molar-refractivity contribution in [1.29, 1.82) is 0 Å². The summed E-state index contributed by atoms with van der Waals surface area (Å²) in [7, 11) is 0. The number of rotatable bonds is 0. The van der Waals surface area contributed by atoms with Crippen LogP contribution in [-0.4, -0.2) is 0 Å². The summed E-state index contributed by atoms with van der Waals surface area (Å²) in [5, 5.41) is 3.66. The van der Waals surface area contributed by atoms with Crippen LogP contribution in [0.3, 0.4) is 0 Å². The molecule has 1 heterocycles. The van der Waals surface area contributed by atoms with Crippen molar-refractivity contribution >= 4 is 5.69 Å². The zero-order chi connectivity index (χ0) is 14.2. The van der Waals surface area contributed by atoms with E-state index in [-0.39, 0.29) is 6.04 Å². The van der Waals surface area contributed by atoms with Crippen LogP contribution in [0.15, 0.2) is 72.8 Å². The van der Waals surface area contributed by atoms with Gasteiger partial charge in [-0.25, -0.2) is 0 Å². The second kappa shape index (κ2) is 4.78. The second-order valence-corrected chi connectivity index (χ2v) is 5.54. The molecule has 1 aliphatic heterocycles. The van der Waals surface area contributed by atoms with Crippen molar-refractivity contribution in [3.63, 3.8) is 0 Å². The van der Waals surface area contributed by atoms with E-state index >= 15 is 0 Å². The van der Waals surface area contributed by atoms with Gasteiger partial charge in [-0.2, -0.15) is 0 Å². The van der Waals surface area contributed by atoms with Crippen molar-refractivity contribution in [3.05, 3.63) is 78.4 Å². The predicted octanol–water partition coefficient (Wildman–Crippen LogP) is 5.51. The molecule has 1 atom stereocenters. The molecule has 0 radical (unpaired) electrons. The highest BCUT2D eigenvalue weighted by Crippen LogP contribution is 2.42. The van der Waals surface area contributed by atoms with Crippen LogP contribution in [0.4, 0.5) is 5.69 Å². The minimum atomic E-state index is 0.288. The molecule has 1 N–H and O–H groups in total. The maximum Gasteiger partial charge on any atom is 0.0491 e. The molecule has 0 bridgehead atoms. The minimum absolute atomic E-state index is 0.288. The first-order valence-electron chi connectivity index (χ1n) is 7.39. The normalized spacial score (nSPS) is 15.8. The molecule has 0 spiro atoms. The van der Waals surface area contributed by atoms with E-state index in [1.165, 1.54) is 33.5 Å². The Hall–Kier alpha value is -2.54. The van der Waals surface area contributed by atoms with Gasteiger partial charge in [0.2, 0.25) is 0 Å². The lowest BCUT2D eigenvalue weighted by Gasteiger charge is -2.26. The maximum atomic E-state index is 3.66. The molecule has 4 rings (SSSR count). The number of fused-ring (bicyclic) bond motifs is 5. The van der Waals surface area contributed by atoms with Crippen LogP contribution in [0.2, 0.25) is 0 Å². The van der Waals surface area contributed by atoms with Gasteiger partial charge in [-0.3, -0.25) is 0 Å². The molecular weight excluding hydrogens is 254 g/mol. The summed E-state index contributed by atoms with van der Waals surface area (Å²) in [6.45, 7) is 2.23. The van der Waals surface area contributed by atoms with Gasteiger partial charge in [0.05, 0.1) is 0 Å². The Bertz CT molecular complexity index is 804. The molecule has 0 fully saturated rings. The fourth-order valence-electron chi connectivity index (χ4n) is 3.23. The molecule has 0 aromatic heterocycles. The first-order chi connectivity index (χ1) is 10.3. The predicted molar refractivity (Wildman–Crippen MR) is 89.4 cm³/mol. The lowest BCUT2D eigenvalue weighted by atomic mass is 9.87. The molecule has 0 saturated carbocycles. The molecule has 3 aromatic carbocycles. The molecule has 1 aliphatic rings. The average Bonchev–Trinajstić information content (AvgIpc) is 2.54. The van der Waals surface area contributed by atoms with E-state index in [0.29, 0.717) is 0 Å². The van der Waals surface area contributed by atoms with Crippen molar-refractivity contribution in [2.24, 2.45) is 0 Å². The van der Waals surface area contributed by atoms with Crippen LogP contribution in [0.1, 0.15) is 18.5 Å². The Morgan fingerprint density at radius 1 is 0.619 bits per heavy atom. The van der Waals surface area contributed by atoms with E-state index in [0.717, 1.165) is 0 Å².